The molecular weight excluding hydrogens is 292 g/mol. The zero-order valence-corrected chi connectivity index (χ0v) is 12.9. The van der Waals surface area contributed by atoms with Crippen LogP contribution in [0.1, 0.15) is 0 Å². The fraction of sp³-hybridized carbons (Fsp3) is 0. The molecule has 0 aliphatic carbocycles. The molecule has 4 aromatic carbocycles. The van der Waals surface area contributed by atoms with E-state index < -0.39 is 0 Å². The lowest BCUT2D eigenvalue weighted by Crippen LogP contribution is -1.82. The lowest BCUT2D eigenvalue weighted by molar-refractivity contribution is 1.48. The predicted octanol–water partition coefficient (Wildman–Crippen LogP) is 6.11. The van der Waals surface area contributed by atoms with Crippen LogP contribution in [0.25, 0.3) is 54.1 Å². The van der Waals surface area contributed by atoms with Gasteiger partial charge in [0.25, 0.3) is 0 Å². The molecule has 6 rings (SSSR count). The molecule has 0 atom stereocenters. The third-order valence-electron chi connectivity index (χ3n) is 5.26. The first-order chi connectivity index (χ1) is 11.9. The molecule has 0 saturated carbocycles. The molecule has 2 heterocycles. The summed E-state index contributed by atoms with van der Waals surface area (Å²) in [7, 11) is 0. The highest BCUT2D eigenvalue weighted by atomic mass is 14.7. The Hall–Kier alpha value is -3.26. The van der Waals surface area contributed by atoms with Crippen LogP contribution in [0.4, 0.5) is 0 Å². The van der Waals surface area contributed by atoms with Crippen molar-refractivity contribution < 1.29 is 0 Å². The van der Waals surface area contributed by atoms with Gasteiger partial charge in [-0.3, -0.25) is 0 Å². The Morgan fingerprint density at radius 3 is 1.08 bits per heavy atom. The van der Waals surface area contributed by atoms with Gasteiger partial charge in [-0.2, -0.15) is 0 Å². The normalized spacial score (nSPS) is 12.2. The minimum absolute atomic E-state index is 1.19. The molecule has 0 spiro atoms. The first-order valence-electron chi connectivity index (χ1n) is 8.21. The van der Waals surface area contributed by atoms with Gasteiger partial charge in [-0.25, -0.2) is 0 Å². The summed E-state index contributed by atoms with van der Waals surface area (Å²) in [6, 6.07) is 22.2. The second kappa shape index (κ2) is 4.18. The molecule has 0 unspecified atom stereocenters. The van der Waals surface area contributed by atoms with Crippen LogP contribution in [0.5, 0.6) is 0 Å². The molecule has 112 valence electrons. The zero-order chi connectivity index (χ0) is 15.7. The molecule has 0 aliphatic heterocycles. The summed E-state index contributed by atoms with van der Waals surface area (Å²) in [6.07, 6.45) is 4.02. The van der Waals surface area contributed by atoms with Crippen molar-refractivity contribution in [3.8, 4) is 0 Å². The first kappa shape index (κ1) is 12.2. The van der Waals surface area contributed by atoms with Crippen LogP contribution < -0.4 is 0 Å². The summed E-state index contributed by atoms with van der Waals surface area (Å²) in [5, 5.41) is 10.5. The van der Waals surface area contributed by atoms with Crippen LogP contribution in [0.2, 0.25) is 0 Å². The third kappa shape index (κ3) is 1.41. The average molecular weight is 306 g/mol. The maximum absolute atomic E-state index is 3.30. The van der Waals surface area contributed by atoms with Crippen molar-refractivity contribution >= 4 is 54.1 Å². The van der Waals surface area contributed by atoms with Crippen molar-refractivity contribution in [2.45, 2.75) is 0 Å². The van der Waals surface area contributed by atoms with Crippen LogP contribution in [0.15, 0.2) is 73.1 Å². The quantitative estimate of drug-likeness (QED) is 0.317. The fourth-order valence-corrected chi connectivity index (χ4v) is 4.12. The number of hydrogen-bond donors (Lipinski definition) is 2. The summed E-state index contributed by atoms with van der Waals surface area (Å²) >= 11 is 0. The molecule has 0 radical (unpaired) electrons. The monoisotopic (exact) mass is 306 g/mol. The van der Waals surface area contributed by atoms with Gasteiger partial charge in [0.05, 0.1) is 0 Å². The topological polar surface area (TPSA) is 31.6 Å². The van der Waals surface area contributed by atoms with Gasteiger partial charge in [-0.1, -0.05) is 36.4 Å². The van der Waals surface area contributed by atoms with Crippen molar-refractivity contribution in [2.24, 2.45) is 0 Å². The van der Waals surface area contributed by atoms with Crippen LogP contribution >= 0.6 is 0 Å². The van der Waals surface area contributed by atoms with E-state index in [4.69, 9.17) is 0 Å². The van der Waals surface area contributed by atoms with Gasteiger partial charge >= 0.3 is 0 Å². The number of aromatic nitrogens is 2. The van der Waals surface area contributed by atoms with Crippen molar-refractivity contribution in [3.05, 3.63) is 73.1 Å². The molecule has 0 aliphatic rings. The Bertz CT molecular complexity index is 1290. The molecule has 2 nitrogen and oxygen atoms in total. The molecule has 24 heavy (non-hydrogen) atoms. The fourth-order valence-electron chi connectivity index (χ4n) is 4.12. The largest absolute Gasteiger partial charge is 0.361 e. The minimum atomic E-state index is 1.19. The Kier molecular flexibility index (Phi) is 2.12. The van der Waals surface area contributed by atoms with Crippen LogP contribution in [-0.4, -0.2) is 9.97 Å². The predicted molar refractivity (Wildman–Crippen MR) is 103 cm³/mol. The van der Waals surface area contributed by atoms with E-state index in [1.165, 1.54) is 54.1 Å². The molecule has 0 bridgehead atoms. The van der Waals surface area contributed by atoms with E-state index in [0.717, 1.165) is 0 Å². The number of fused-ring (bicyclic) bond motifs is 9. The summed E-state index contributed by atoms with van der Waals surface area (Å²) in [5.41, 5.74) is 2.38. The van der Waals surface area contributed by atoms with E-state index >= 15 is 0 Å². The van der Waals surface area contributed by atoms with Gasteiger partial charge in [0.15, 0.2) is 0 Å². The lowest BCUT2D eigenvalue weighted by Gasteiger charge is -2.09. The molecular formula is C22H14N2. The van der Waals surface area contributed by atoms with Crippen molar-refractivity contribution in [1.82, 2.24) is 9.97 Å². The van der Waals surface area contributed by atoms with E-state index in [1.807, 2.05) is 12.4 Å². The Balaban J connectivity index is 1.86. The number of aromatic amines is 2. The third-order valence-corrected chi connectivity index (χ3v) is 5.26. The number of H-pyrrole nitrogens is 2. The van der Waals surface area contributed by atoms with Crippen molar-refractivity contribution in [1.29, 1.82) is 0 Å². The number of hydrogen-bond acceptors (Lipinski definition) is 0. The molecule has 2 N–H and O–H groups in total. The van der Waals surface area contributed by atoms with Gasteiger partial charge in [-0.05, 0) is 56.6 Å². The molecule has 0 saturated heterocycles. The highest BCUT2D eigenvalue weighted by Crippen LogP contribution is 2.36. The van der Waals surface area contributed by atoms with Gasteiger partial charge in [0.2, 0.25) is 0 Å². The second-order valence-corrected chi connectivity index (χ2v) is 6.43. The van der Waals surface area contributed by atoms with Gasteiger partial charge in [0, 0.05) is 34.2 Å². The van der Waals surface area contributed by atoms with Crippen LogP contribution in [0.3, 0.4) is 0 Å². The van der Waals surface area contributed by atoms with Crippen molar-refractivity contribution in [2.75, 3.05) is 0 Å². The molecule has 0 amide bonds. The second-order valence-electron chi connectivity index (χ2n) is 6.43. The molecule has 6 aromatic rings. The Labute approximate surface area is 137 Å². The highest BCUT2D eigenvalue weighted by Gasteiger charge is 2.09. The summed E-state index contributed by atoms with van der Waals surface area (Å²) < 4.78 is 0. The zero-order valence-electron chi connectivity index (χ0n) is 12.9. The van der Waals surface area contributed by atoms with E-state index in [0.29, 0.717) is 0 Å². The number of rotatable bonds is 0. The summed E-state index contributed by atoms with van der Waals surface area (Å²) in [5.74, 6) is 0. The standard InChI is InChI=1S/C22H14N2/c1-3-17-16(6-8-21-19(17)9-11-23-21)14-2-4-18-15(13(1)14)5-7-22-20(18)10-12-24-22/h1-12,23-24H. The number of benzene rings is 4. The van der Waals surface area contributed by atoms with E-state index in [1.54, 1.807) is 0 Å². The SMILES string of the molecule is c1cc2c(ccc3c2ccc2c4ccc5[nH]ccc5c4ccc32)[nH]1. The summed E-state index contributed by atoms with van der Waals surface area (Å²) in [4.78, 5) is 6.61. The van der Waals surface area contributed by atoms with Crippen LogP contribution in [-0.2, 0) is 0 Å². The van der Waals surface area contributed by atoms with Gasteiger partial charge < -0.3 is 9.97 Å². The van der Waals surface area contributed by atoms with Gasteiger partial charge in [-0.15, -0.1) is 0 Å². The van der Waals surface area contributed by atoms with Crippen molar-refractivity contribution in [3.63, 3.8) is 0 Å². The molecule has 2 heteroatoms. The van der Waals surface area contributed by atoms with E-state index in [9.17, 15) is 0 Å². The average Bonchev–Trinajstić information content (AvgIpc) is 3.29. The maximum atomic E-state index is 3.30. The van der Waals surface area contributed by atoms with E-state index in [-0.39, 0.29) is 0 Å². The molecule has 0 fully saturated rings. The van der Waals surface area contributed by atoms with Crippen LogP contribution in [0, 0.1) is 0 Å². The minimum Gasteiger partial charge on any atom is -0.361 e. The molecule has 2 aromatic heterocycles. The summed E-state index contributed by atoms with van der Waals surface area (Å²) in [6.45, 7) is 0. The Morgan fingerprint density at radius 2 is 0.667 bits per heavy atom. The first-order valence-corrected chi connectivity index (χ1v) is 8.21. The van der Waals surface area contributed by atoms with E-state index in [2.05, 4.69) is 70.6 Å². The lowest BCUT2D eigenvalue weighted by atomic mass is 9.95. The maximum Gasteiger partial charge on any atom is 0.0460 e. The number of nitrogens with one attached hydrogen (secondary N) is 2. The Morgan fingerprint density at radius 1 is 0.333 bits per heavy atom. The smallest absolute Gasteiger partial charge is 0.0460 e. The van der Waals surface area contributed by atoms with Gasteiger partial charge in [0.1, 0.15) is 0 Å². The highest BCUT2D eigenvalue weighted by molar-refractivity contribution is 6.24.